The predicted molar refractivity (Wildman–Crippen MR) is 132 cm³/mol. The molecule has 0 bridgehead atoms. The Morgan fingerprint density at radius 1 is 0.943 bits per heavy atom. The summed E-state index contributed by atoms with van der Waals surface area (Å²) >= 11 is 12.4. The van der Waals surface area contributed by atoms with Gasteiger partial charge in [0.1, 0.15) is 12.5 Å². The van der Waals surface area contributed by atoms with Crippen molar-refractivity contribution >= 4 is 62.1 Å². The molecule has 1 aliphatic rings. The Bertz CT molecular complexity index is 1420. The van der Waals surface area contributed by atoms with Gasteiger partial charge in [-0.05, 0) is 54.6 Å². The molecule has 35 heavy (non-hydrogen) atoms. The van der Waals surface area contributed by atoms with Gasteiger partial charge in [-0.25, -0.2) is 17.1 Å². The van der Waals surface area contributed by atoms with Crippen LogP contribution >= 0.6 is 23.2 Å². The van der Waals surface area contributed by atoms with E-state index in [9.17, 15) is 22.4 Å². The van der Waals surface area contributed by atoms with Gasteiger partial charge in [0, 0.05) is 11.3 Å². The Morgan fingerprint density at radius 3 is 2.46 bits per heavy atom. The zero-order valence-corrected chi connectivity index (χ0v) is 20.3. The number of amides is 2. The summed E-state index contributed by atoms with van der Waals surface area (Å²) < 4.78 is 44.2. The van der Waals surface area contributed by atoms with Crippen molar-refractivity contribution in [3.63, 3.8) is 0 Å². The maximum atomic E-state index is 13.4. The van der Waals surface area contributed by atoms with E-state index in [1.807, 2.05) is 0 Å². The fourth-order valence-electron chi connectivity index (χ4n) is 3.30. The standard InChI is InChI=1S/C23H18Cl2FN3O5S/c24-19-7-4-16(11-21(19)28-22(30)14-2-1-3-15(26)10-14)27-23(31)18-6-5-17(12-20(18)25)29-13-34-8-9-35(29,32)33/h1-7,10-12H,8-9,13H2,(H,27,31)(H,28,30). The minimum absolute atomic E-state index is 0.0365. The number of hydrogen-bond acceptors (Lipinski definition) is 5. The first-order valence-electron chi connectivity index (χ1n) is 10.2. The monoisotopic (exact) mass is 537 g/mol. The van der Waals surface area contributed by atoms with Crippen LogP contribution in [0.15, 0.2) is 60.7 Å². The van der Waals surface area contributed by atoms with E-state index in [4.69, 9.17) is 27.9 Å². The third kappa shape index (κ3) is 5.73. The molecule has 0 aromatic heterocycles. The van der Waals surface area contributed by atoms with Gasteiger partial charge in [-0.2, -0.15) is 0 Å². The van der Waals surface area contributed by atoms with Gasteiger partial charge in [-0.15, -0.1) is 0 Å². The fourth-order valence-corrected chi connectivity index (χ4v) is 4.95. The van der Waals surface area contributed by atoms with Gasteiger partial charge >= 0.3 is 0 Å². The van der Waals surface area contributed by atoms with E-state index >= 15 is 0 Å². The molecule has 0 spiro atoms. The highest BCUT2D eigenvalue weighted by Crippen LogP contribution is 2.29. The first-order chi connectivity index (χ1) is 16.6. The highest BCUT2D eigenvalue weighted by atomic mass is 35.5. The van der Waals surface area contributed by atoms with Crippen molar-refractivity contribution in [3.05, 3.63) is 87.7 Å². The van der Waals surface area contributed by atoms with E-state index < -0.39 is 27.7 Å². The van der Waals surface area contributed by atoms with Crippen molar-refractivity contribution < 1.29 is 27.1 Å². The van der Waals surface area contributed by atoms with E-state index in [2.05, 4.69) is 10.6 Å². The van der Waals surface area contributed by atoms with Gasteiger partial charge in [0.25, 0.3) is 11.8 Å². The molecule has 3 aromatic carbocycles. The van der Waals surface area contributed by atoms with Crippen molar-refractivity contribution in [2.45, 2.75) is 0 Å². The molecule has 2 amide bonds. The molecule has 0 radical (unpaired) electrons. The van der Waals surface area contributed by atoms with Crippen LogP contribution in [0.1, 0.15) is 20.7 Å². The number of ether oxygens (including phenoxy) is 1. The van der Waals surface area contributed by atoms with E-state index in [0.29, 0.717) is 5.69 Å². The van der Waals surface area contributed by atoms with Gasteiger partial charge in [-0.3, -0.25) is 9.59 Å². The number of halogens is 3. The van der Waals surface area contributed by atoms with Crippen molar-refractivity contribution in [2.75, 3.05) is 34.0 Å². The summed E-state index contributed by atoms with van der Waals surface area (Å²) in [5.74, 6) is -1.85. The first-order valence-corrected chi connectivity index (χ1v) is 12.6. The topological polar surface area (TPSA) is 105 Å². The SMILES string of the molecule is O=C(Nc1cc(NC(=O)c2ccc(N3COCCS3(=O)=O)cc2Cl)ccc1Cl)c1cccc(F)c1. The second-order valence-electron chi connectivity index (χ2n) is 7.48. The van der Waals surface area contributed by atoms with Crippen LogP contribution in [0.4, 0.5) is 21.5 Å². The summed E-state index contributed by atoms with van der Waals surface area (Å²) in [4.78, 5) is 25.2. The average molecular weight is 538 g/mol. The molecule has 1 heterocycles. The van der Waals surface area contributed by atoms with E-state index in [-0.39, 0.29) is 51.6 Å². The Hall–Kier alpha value is -3.18. The number of rotatable bonds is 5. The third-order valence-corrected chi connectivity index (χ3v) is 7.39. The third-order valence-electron chi connectivity index (χ3n) is 5.07. The lowest BCUT2D eigenvalue weighted by Crippen LogP contribution is -2.41. The smallest absolute Gasteiger partial charge is 0.257 e. The lowest BCUT2D eigenvalue weighted by atomic mass is 10.1. The Balaban J connectivity index is 1.50. The summed E-state index contributed by atoms with van der Waals surface area (Å²) in [6.07, 6.45) is 0. The quantitative estimate of drug-likeness (QED) is 0.488. The number of hydrogen-bond donors (Lipinski definition) is 2. The van der Waals surface area contributed by atoms with E-state index in [1.165, 1.54) is 54.6 Å². The van der Waals surface area contributed by atoms with E-state index in [1.54, 1.807) is 0 Å². The largest absolute Gasteiger partial charge is 0.359 e. The number of nitrogens with one attached hydrogen (secondary N) is 2. The van der Waals surface area contributed by atoms with Crippen LogP contribution in [-0.4, -0.2) is 39.3 Å². The Labute approximate surface area is 210 Å². The molecular weight excluding hydrogens is 520 g/mol. The minimum Gasteiger partial charge on any atom is -0.359 e. The van der Waals surface area contributed by atoms with Crippen LogP contribution in [0.2, 0.25) is 10.0 Å². The van der Waals surface area contributed by atoms with Gasteiger partial charge in [-0.1, -0.05) is 29.3 Å². The highest BCUT2D eigenvalue weighted by molar-refractivity contribution is 7.92. The number of anilines is 3. The van der Waals surface area contributed by atoms with Crippen molar-refractivity contribution in [3.8, 4) is 0 Å². The van der Waals surface area contributed by atoms with Gasteiger partial charge in [0.15, 0.2) is 0 Å². The maximum Gasteiger partial charge on any atom is 0.257 e. The molecule has 0 aliphatic carbocycles. The van der Waals surface area contributed by atoms with Crippen LogP contribution in [-0.2, 0) is 14.8 Å². The number of sulfonamides is 1. The summed E-state index contributed by atoms with van der Waals surface area (Å²) in [6.45, 7) is -0.0298. The minimum atomic E-state index is -3.54. The lowest BCUT2D eigenvalue weighted by Gasteiger charge is -2.28. The molecule has 12 heteroatoms. The van der Waals surface area contributed by atoms with Gasteiger partial charge in [0.05, 0.1) is 39.3 Å². The molecule has 3 aromatic rings. The summed E-state index contributed by atoms with van der Waals surface area (Å²) in [5.41, 5.74) is 0.992. The molecule has 0 saturated carbocycles. The average Bonchev–Trinajstić information content (AvgIpc) is 2.80. The van der Waals surface area contributed by atoms with Crippen LogP contribution in [0, 0.1) is 5.82 Å². The molecule has 1 aliphatic heterocycles. The lowest BCUT2D eigenvalue weighted by molar-refractivity contribution is 0.101. The maximum absolute atomic E-state index is 13.4. The Morgan fingerprint density at radius 2 is 1.74 bits per heavy atom. The molecule has 8 nitrogen and oxygen atoms in total. The zero-order chi connectivity index (χ0) is 25.2. The van der Waals surface area contributed by atoms with Gasteiger partial charge in [0.2, 0.25) is 10.0 Å². The zero-order valence-electron chi connectivity index (χ0n) is 17.9. The summed E-state index contributed by atoms with van der Waals surface area (Å²) in [7, 11) is -3.54. The number of carbonyl (C=O) groups excluding carboxylic acids is 2. The second kappa shape index (κ2) is 10.2. The van der Waals surface area contributed by atoms with Crippen LogP contribution in [0.3, 0.4) is 0 Å². The molecule has 4 rings (SSSR count). The van der Waals surface area contributed by atoms with E-state index in [0.717, 1.165) is 10.4 Å². The fraction of sp³-hybridized carbons (Fsp3) is 0.130. The van der Waals surface area contributed by atoms with Gasteiger partial charge < -0.3 is 15.4 Å². The summed E-state index contributed by atoms with van der Waals surface area (Å²) in [6, 6.07) is 13.8. The molecular formula is C23H18Cl2FN3O5S. The molecule has 1 saturated heterocycles. The molecule has 2 N–H and O–H groups in total. The molecule has 0 unspecified atom stereocenters. The summed E-state index contributed by atoms with van der Waals surface area (Å²) in [5, 5.41) is 5.48. The van der Waals surface area contributed by atoms with Crippen LogP contribution in [0.25, 0.3) is 0 Å². The number of benzene rings is 3. The van der Waals surface area contributed by atoms with Crippen molar-refractivity contribution in [1.82, 2.24) is 0 Å². The normalized spacial score (nSPS) is 14.9. The molecule has 0 atom stereocenters. The van der Waals surface area contributed by atoms with Crippen LogP contribution in [0.5, 0.6) is 0 Å². The predicted octanol–water partition coefficient (Wildman–Crippen LogP) is 4.76. The second-order valence-corrected chi connectivity index (χ2v) is 10.3. The van der Waals surface area contributed by atoms with Crippen LogP contribution < -0.4 is 14.9 Å². The van der Waals surface area contributed by atoms with Crippen molar-refractivity contribution in [1.29, 1.82) is 0 Å². The number of nitrogens with zero attached hydrogens (tertiary/aromatic N) is 1. The Kier molecular flexibility index (Phi) is 7.27. The molecule has 182 valence electrons. The molecule has 1 fully saturated rings. The highest BCUT2D eigenvalue weighted by Gasteiger charge is 2.27. The number of carbonyl (C=O) groups is 2. The first kappa shape index (κ1) is 24.9. The van der Waals surface area contributed by atoms with Crippen molar-refractivity contribution in [2.24, 2.45) is 0 Å².